The Hall–Kier alpha value is -1.14. The highest BCUT2D eigenvalue weighted by Gasteiger charge is 2.20. The molecule has 1 aromatic rings. The molecule has 2 rings (SSSR count). The van der Waals surface area contributed by atoms with Crippen LogP contribution in [0.15, 0.2) is 6.20 Å². The Labute approximate surface area is 105 Å². The van der Waals surface area contributed by atoms with Gasteiger partial charge in [0.2, 0.25) is 5.91 Å². The van der Waals surface area contributed by atoms with Crippen molar-refractivity contribution in [3.63, 3.8) is 0 Å². The molecule has 6 heteroatoms. The highest BCUT2D eigenvalue weighted by atomic mass is 32.1. The molecule has 0 saturated carbocycles. The average Bonchev–Trinajstić information content (AvgIpc) is 2.69. The molecule has 1 N–H and O–H groups in total. The molecule has 17 heavy (non-hydrogen) atoms. The third-order valence-electron chi connectivity index (χ3n) is 2.84. The van der Waals surface area contributed by atoms with E-state index in [1.54, 1.807) is 16.2 Å². The summed E-state index contributed by atoms with van der Waals surface area (Å²) in [7, 11) is 3.78. The van der Waals surface area contributed by atoms with Gasteiger partial charge in [-0.3, -0.25) is 4.79 Å². The molecule has 0 aromatic carbocycles. The zero-order valence-electron chi connectivity index (χ0n) is 10.3. The molecule has 0 bridgehead atoms. The van der Waals surface area contributed by atoms with Gasteiger partial charge in [0.05, 0.1) is 6.54 Å². The molecular formula is C11H18N4OS. The molecule has 0 spiro atoms. The number of amides is 1. The van der Waals surface area contributed by atoms with Gasteiger partial charge in [-0.1, -0.05) is 0 Å². The highest BCUT2D eigenvalue weighted by molar-refractivity contribution is 7.15. The molecule has 94 valence electrons. The number of carbonyl (C=O) groups is 1. The van der Waals surface area contributed by atoms with Crippen molar-refractivity contribution in [3.8, 4) is 0 Å². The molecular weight excluding hydrogens is 236 g/mol. The lowest BCUT2D eigenvalue weighted by Gasteiger charge is -2.18. The molecule has 0 aliphatic carbocycles. The van der Waals surface area contributed by atoms with E-state index in [0.717, 1.165) is 31.2 Å². The Bertz CT molecular complexity index is 393. The van der Waals surface area contributed by atoms with Crippen molar-refractivity contribution in [1.29, 1.82) is 0 Å². The summed E-state index contributed by atoms with van der Waals surface area (Å²) >= 11 is 1.66. The van der Waals surface area contributed by atoms with Gasteiger partial charge in [0, 0.05) is 37.8 Å². The summed E-state index contributed by atoms with van der Waals surface area (Å²) in [6.45, 7) is 3.02. The Kier molecular flexibility index (Phi) is 3.96. The average molecular weight is 254 g/mol. The van der Waals surface area contributed by atoms with E-state index in [2.05, 4.69) is 15.2 Å². The van der Waals surface area contributed by atoms with E-state index >= 15 is 0 Å². The molecule has 1 aromatic heterocycles. The summed E-state index contributed by atoms with van der Waals surface area (Å²) in [5, 5.41) is 4.06. The van der Waals surface area contributed by atoms with E-state index in [-0.39, 0.29) is 5.91 Å². The van der Waals surface area contributed by atoms with Crippen LogP contribution >= 0.6 is 11.3 Å². The van der Waals surface area contributed by atoms with E-state index in [1.807, 2.05) is 20.3 Å². The fourth-order valence-electron chi connectivity index (χ4n) is 1.85. The minimum absolute atomic E-state index is 0.174. The van der Waals surface area contributed by atoms with Gasteiger partial charge >= 0.3 is 0 Å². The maximum Gasteiger partial charge on any atom is 0.241 e. The van der Waals surface area contributed by atoms with Crippen molar-refractivity contribution < 1.29 is 4.79 Å². The van der Waals surface area contributed by atoms with Crippen LogP contribution in [0.4, 0.5) is 5.13 Å². The van der Waals surface area contributed by atoms with Gasteiger partial charge in [-0.05, 0) is 13.5 Å². The second-order valence-corrected chi connectivity index (χ2v) is 5.32. The van der Waals surface area contributed by atoms with Crippen LogP contribution in [0.1, 0.15) is 11.3 Å². The third-order valence-corrected chi connectivity index (χ3v) is 3.89. The molecule has 2 heterocycles. The minimum atomic E-state index is 0.174. The number of anilines is 1. The first kappa shape index (κ1) is 12.3. The van der Waals surface area contributed by atoms with Crippen LogP contribution in [0, 0.1) is 0 Å². The quantitative estimate of drug-likeness (QED) is 0.855. The van der Waals surface area contributed by atoms with Crippen molar-refractivity contribution in [3.05, 3.63) is 11.1 Å². The Morgan fingerprint density at radius 2 is 2.35 bits per heavy atom. The molecule has 0 radical (unpaired) electrons. The van der Waals surface area contributed by atoms with E-state index in [0.29, 0.717) is 6.54 Å². The lowest BCUT2D eigenvalue weighted by atomic mass is 10.4. The number of carbonyl (C=O) groups excluding carboxylic acids is 1. The molecule has 0 unspecified atom stereocenters. The summed E-state index contributed by atoms with van der Waals surface area (Å²) in [4.78, 5) is 21.2. The normalized spacial score (nSPS) is 17.4. The lowest BCUT2D eigenvalue weighted by molar-refractivity contribution is -0.127. The number of rotatable bonds is 3. The number of nitrogens with zero attached hydrogens (tertiary/aromatic N) is 3. The van der Waals surface area contributed by atoms with Gasteiger partial charge in [0.25, 0.3) is 0 Å². The molecule has 1 fully saturated rings. The predicted molar refractivity (Wildman–Crippen MR) is 69.3 cm³/mol. The zero-order chi connectivity index (χ0) is 12.3. The van der Waals surface area contributed by atoms with E-state index in [9.17, 15) is 4.79 Å². The molecule has 1 aliphatic rings. The predicted octanol–water partition coefficient (Wildman–Crippen LogP) is 0.531. The summed E-state index contributed by atoms with van der Waals surface area (Å²) < 4.78 is 0. The van der Waals surface area contributed by atoms with Crippen LogP contribution in [0.25, 0.3) is 0 Å². The smallest absolute Gasteiger partial charge is 0.241 e. The number of thiazole rings is 1. The maximum absolute atomic E-state index is 11.8. The van der Waals surface area contributed by atoms with E-state index in [1.165, 1.54) is 4.88 Å². The molecule has 0 atom stereocenters. The first-order valence-electron chi connectivity index (χ1n) is 5.79. The van der Waals surface area contributed by atoms with E-state index < -0.39 is 0 Å². The largest absolute Gasteiger partial charge is 0.344 e. The Balaban J connectivity index is 2.07. The minimum Gasteiger partial charge on any atom is -0.344 e. The first-order chi connectivity index (χ1) is 8.20. The molecule has 1 saturated heterocycles. The standard InChI is InChI=1S/C11H18N4OS/c1-12-6-9-7-13-11(17-9)15-5-3-4-14(2)10(16)8-15/h7,12H,3-6,8H2,1-2H3. The van der Waals surface area contributed by atoms with Crippen LogP contribution in [0.3, 0.4) is 0 Å². The van der Waals surface area contributed by atoms with Crippen LogP contribution in [-0.2, 0) is 11.3 Å². The Morgan fingerprint density at radius 3 is 3.12 bits per heavy atom. The third kappa shape index (κ3) is 2.95. The van der Waals surface area contributed by atoms with Crippen LogP contribution in [0.2, 0.25) is 0 Å². The topological polar surface area (TPSA) is 48.5 Å². The van der Waals surface area contributed by atoms with Crippen molar-refractivity contribution >= 4 is 22.4 Å². The highest BCUT2D eigenvalue weighted by Crippen LogP contribution is 2.23. The summed E-state index contributed by atoms with van der Waals surface area (Å²) in [5.74, 6) is 0.174. The van der Waals surface area contributed by atoms with Crippen LogP contribution in [0.5, 0.6) is 0 Å². The Morgan fingerprint density at radius 1 is 1.53 bits per heavy atom. The molecule has 1 aliphatic heterocycles. The molecule has 1 amide bonds. The zero-order valence-corrected chi connectivity index (χ0v) is 11.1. The number of nitrogens with one attached hydrogen (secondary N) is 1. The monoisotopic (exact) mass is 254 g/mol. The first-order valence-corrected chi connectivity index (χ1v) is 6.60. The van der Waals surface area contributed by atoms with Gasteiger partial charge in [-0.15, -0.1) is 11.3 Å². The van der Waals surface area contributed by atoms with Gasteiger partial charge in [-0.25, -0.2) is 4.98 Å². The summed E-state index contributed by atoms with van der Waals surface area (Å²) in [5.41, 5.74) is 0. The van der Waals surface area contributed by atoms with E-state index in [4.69, 9.17) is 0 Å². The van der Waals surface area contributed by atoms with Crippen LogP contribution < -0.4 is 10.2 Å². The summed E-state index contributed by atoms with van der Waals surface area (Å²) in [6.07, 6.45) is 2.89. The number of likely N-dealkylation sites (N-methyl/N-ethyl adjacent to an activating group) is 1. The second kappa shape index (κ2) is 5.46. The summed E-state index contributed by atoms with van der Waals surface area (Å²) in [6, 6.07) is 0. The lowest BCUT2D eigenvalue weighted by Crippen LogP contribution is -2.34. The molecule has 5 nitrogen and oxygen atoms in total. The SMILES string of the molecule is CNCc1cnc(N2CCCN(C)C(=O)C2)s1. The van der Waals surface area contributed by atoms with Crippen molar-refractivity contribution in [1.82, 2.24) is 15.2 Å². The van der Waals surface area contributed by atoms with Gasteiger partial charge < -0.3 is 15.1 Å². The van der Waals surface area contributed by atoms with Gasteiger partial charge in [0.15, 0.2) is 5.13 Å². The number of aromatic nitrogens is 1. The van der Waals surface area contributed by atoms with Gasteiger partial charge in [0.1, 0.15) is 0 Å². The second-order valence-electron chi connectivity index (χ2n) is 4.23. The van der Waals surface area contributed by atoms with Crippen LogP contribution in [-0.4, -0.2) is 49.5 Å². The van der Waals surface area contributed by atoms with Crippen molar-refractivity contribution in [2.75, 3.05) is 38.6 Å². The number of hydrogen-bond acceptors (Lipinski definition) is 5. The van der Waals surface area contributed by atoms with Gasteiger partial charge in [-0.2, -0.15) is 0 Å². The fraction of sp³-hybridized carbons (Fsp3) is 0.636. The fourth-order valence-corrected chi connectivity index (χ4v) is 2.80. The van der Waals surface area contributed by atoms with Crippen molar-refractivity contribution in [2.45, 2.75) is 13.0 Å². The van der Waals surface area contributed by atoms with Crippen molar-refractivity contribution in [2.24, 2.45) is 0 Å². The number of hydrogen-bond donors (Lipinski definition) is 1. The maximum atomic E-state index is 11.8.